The maximum absolute atomic E-state index is 11.3. The van der Waals surface area contributed by atoms with Crippen molar-refractivity contribution < 1.29 is 33.0 Å². The highest BCUT2D eigenvalue weighted by Crippen LogP contribution is 2.25. The summed E-state index contributed by atoms with van der Waals surface area (Å²) in [7, 11) is -3.97. The standard InChI is InChI=1S/C7H10O7S3/c1-4(6(10)11)16-7(12)17(13,14)15-3-2-5(8)9/h4H,2-3H2,1H3,(H,8,9)(H,10,11). The van der Waals surface area contributed by atoms with Gasteiger partial charge in [0, 0.05) is 5.75 Å². The number of aliphatic carboxylic acids is 2. The fourth-order valence-electron chi connectivity index (χ4n) is 0.540. The van der Waals surface area contributed by atoms with Gasteiger partial charge in [-0.25, -0.2) is 8.42 Å². The van der Waals surface area contributed by atoms with E-state index < -0.39 is 36.9 Å². The van der Waals surface area contributed by atoms with E-state index in [0.29, 0.717) is 0 Å². The van der Waals surface area contributed by atoms with Gasteiger partial charge < -0.3 is 10.2 Å². The molecule has 0 heterocycles. The second kappa shape index (κ2) is 6.87. The number of carbonyl (C=O) groups is 3. The summed E-state index contributed by atoms with van der Waals surface area (Å²) in [6.45, 7) is 1.18. The minimum atomic E-state index is -4.17. The van der Waals surface area contributed by atoms with Gasteiger partial charge in [-0.05, 0) is 17.7 Å². The van der Waals surface area contributed by atoms with Crippen molar-refractivity contribution in [1.82, 2.24) is 0 Å². The van der Waals surface area contributed by atoms with E-state index in [2.05, 4.69) is 0 Å². The number of carboxylic acid groups (broad SMARTS) is 2. The maximum Gasteiger partial charge on any atom is 0.316 e. The van der Waals surface area contributed by atoms with Crippen LogP contribution in [0.1, 0.15) is 13.3 Å². The van der Waals surface area contributed by atoms with Crippen molar-refractivity contribution in [3.05, 3.63) is 0 Å². The first-order valence-corrected chi connectivity index (χ1v) is 8.08. The van der Waals surface area contributed by atoms with Crippen LogP contribution in [0.4, 0.5) is 4.79 Å². The van der Waals surface area contributed by atoms with Gasteiger partial charge in [0.15, 0.2) is 0 Å². The molecule has 0 saturated heterocycles. The predicted molar refractivity (Wildman–Crippen MR) is 63.7 cm³/mol. The lowest BCUT2D eigenvalue weighted by atomic mass is 10.5. The summed E-state index contributed by atoms with van der Waals surface area (Å²) < 4.78 is 21.3. The minimum Gasteiger partial charge on any atom is -0.481 e. The van der Waals surface area contributed by atoms with E-state index in [0.717, 1.165) is 0 Å². The molecule has 2 N–H and O–H groups in total. The molecule has 0 aliphatic carbocycles. The summed E-state index contributed by atoms with van der Waals surface area (Å²) in [5.41, 5.74) is 0. The topological polar surface area (TPSA) is 126 Å². The van der Waals surface area contributed by atoms with Gasteiger partial charge >= 0.3 is 16.4 Å². The minimum absolute atomic E-state index is 0.179. The fraction of sp³-hybridized carbons (Fsp3) is 0.571. The Kier molecular flexibility index (Phi) is 6.57. The Morgan fingerprint density at radius 2 is 1.76 bits per heavy atom. The Bertz CT molecular complexity index is 413. The molecule has 0 spiro atoms. The van der Waals surface area contributed by atoms with Gasteiger partial charge in [-0.2, -0.15) is 0 Å². The van der Waals surface area contributed by atoms with Crippen molar-refractivity contribution in [2.75, 3.05) is 5.75 Å². The van der Waals surface area contributed by atoms with Crippen LogP contribution in [-0.2, 0) is 18.5 Å². The summed E-state index contributed by atoms with van der Waals surface area (Å²) in [6.07, 6.45) is -0.393. The molecular formula is C7H10O7S3. The van der Waals surface area contributed by atoms with E-state index in [1.807, 2.05) is 0 Å². The number of rotatable bonds is 6. The smallest absolute Gasteiger partial charge is 0.316 e. The molecule has 17 heavy (non-hydrogen) atoms. The van der Waals surface area contributed by atoms with Crippen molar-refractivity contribution in [3.63, 3.8) is 0 Å². The third-order valence-electron chi connectivity index (χ3n) is 1.38. The zero-order valence-corrected chi connectivity index (χ0v) is 11.1. The Morgan fingerprint density at radius 3 is 2.18 bits per heavy atom. The van der Waals surface area contributed by atoms with Crippen molar-refractivity contribution in [2.45, 2.75) is 18.6 Å². The SMILES string of the molecule is CC(SC(=O)S(=O)(=O)SCCC(=O)O)C(=O)O. The summed E-state index contributed by atoms with van der Waals surface area (Å²) in [4.78, 5) is 31.8. The summed E-state index contributed by atoms with van der Waals surface area (Å²) in [5.74, 6) is -2.73. The van der Waals surface area contributed by atoms with E-state index >= 15 is 0 Å². The Balaban J connectivity index is 4.36. The average molecular weight is 302 g/mol. The van der Waals surface area contributed by atoms with Crippen molar-refractivity contribution in [3.8, 4) is 0 Å². The highest BCUT2D eigenvalue weighted by Gasteiger charge is 2.28. The van der Waals surface area contributed by atoms with Crippen LogP contribution in [0.25, 0.3) is 0 Å². The largest absolute Gasteiger partial charge is 0.481 e. The molecule has 1 atom stereocenters. The third kappa shape index (κ3) is 6.54. The monoisotopic (exact) mass is 302 g/mol. The molecule has 0 amide bonds. The van der Waals surface area contributed by atoms with Gasteiger partial charge in [0.2, 0.25) is 0 Å². The lowest BCUT2D eigenvalue weighted by Gasteiger charge is -2.04. The van der Waals surface area contributed by atoms with Gasteiger partial charge in [-0.3, -0.25) is 14.4 Å². The van der Waals surface area contributed by atoms with Crippen LogP contribution in [0.2, 0.25) is 0 Å². The zero-order chi connectivity index (χ0) is 13.6. The summed E-state index contributed by atoms with van der Waals surface area (Å²) >= 11 is 0.179. The molecule has 0 rings (SSSR count). The normalized spacial score (nSPS) is 13.0. The average Bonchev–Trinajstić information content (AvgIpc) is 2.16. The summed E-state index contributed by atoms with van der Waals surface area (Å²) in [6, 6.07) is 0. The van der Waals surface area contributed by atoms with Gasteiger partial charge in [0.25, 0.3) is 8.87 Å². The van der Waals surface area contributed by atoms with E-state index in [-0.39, 0.29) is 28.3 Å². The molecule has 0 aliphatic rings. The zero-order valence-electron chi connectivity index (χ0n) is 8.65. The second-order valence-corrected chi connectivity index (χ2v) is 8.29. The lowest BCUT2D eigenvalue weighted by molar-refractivity contribution is -0.137. The summed E-state index contributed by atoms with van der Waals surface area (Å²) in [5, 5.41) is 15.6. The van der Waals surface area contributed by atoms with Gasteiger partial charge in [-0.1, -0.05) is 11.8 Å². The first-order valence-electron chi connectivity index (χ1n) is 4.21. The molecule has 98 valence electrons. The van der Waals surface area contributed by atoms with Crippen molar-refractivity contribution >= 4 is 47.8 Å². The molecule has 7 nitrogen and oxygen atoms in total. The molecule has 0 bridgehead atoms. The Hall–Kier alpha value is -0.740. The molecule has 0 fully saturated rings. The molecule has 10 heteroatoms. The van der Waals surface area contributed by atoms with Gasteiger partial charge in [-0.15, -0.1) is 0 Å². The maximum atomic E-state index is 11.3. The predicted octanol–water partition coefficient (Wildman–Crippen LogP) is 0.850. The number of hydrogen-bond acceptors (Lipinski definition) is 7. The molecule has 1 unspecified atom stereocenters. The molecule has 0 aromatic carbocycles. The van der Waals surface area contributed by atoms with Crippen LogP contribution in [0.5, 0.6) is 0 Å². The molecule has 0 radical (unpaired) electrons. The number of thioether (sulfide) groups is 1. The van der Waals surface area contributed by atoms with E-state index in [1.165, 1.54) is 6.92 Å². The quantitative estimate of drug-likeness (QED) is 0.686. The van der Waals surface area contributed by atoms with Crippen molar-refractivity contribution in [1.29, 1.82) is 0 Å². The fourth-order valence-corrected chi connectivity index (χ4v) is 4.39. The molecule has 0 saturated carbocycles. The van der Waals surface area contributed by atoms with Crippen LogP contribution in [0, 0.1) is 0 Å². The van der Waals surface area contributed by atoms with Crippen LogP contribution < -0.4 is 0 Å². The first-order chi connectivity index (χ1) is 7.66. The highest BCUT2D eigenvalue weighted by molar-refractivity contribution is 8.81. The molecule has 0 aromatic heterocycles. The first kappa shape index (κ1) is 16.3. The molecule has 0 aromatic rings. The van der Waals surface area contributed by atoms with Crippen molar-refractivity contribution in [2.24, 2.45) is 0 Å². The third-order valence-corrected chi connectivity index (χ3v) is 6.36. The number of hydrogen-bond donors (Lipinski definition) is 2. The van der Waals surface area contributed by atoms with E-state index in [1.54, 1.807) is 0 Å². The van der Waals surface area contributed by atoms with E-state index in [9.17, 15) is 22.8 Å². The number of carbonyl (C=O) groups excluding carboxylic acids is 1. The van der Waals surface area contributed by atoms with Gasteiger partial charge in [0.1, 0.15) is 5.25 Å². The Labute approximate surface area is 105 Å². The van der Waals surface area contributed by atoms with Gasteiger partial charge in [0.05, 0.1) is 6.42 Å². The van der Waals surface area contributed by atoms with Crippen LogP contribution in [0.3, 0.4) is 0 Å². The van der Waals surface area contributed by atoms with Crippen LogP contribution >= 0.6 is 22.6 Å². The van der Waals surface area contributed by atoms with Crippen LogP contribution in [0.15, 0.2) is 0 Å². The van der Waals surface area contributed by atoms with Crippen LogP contribution in [-0.4, -0.2) is 46.0 Å². The Morgan fingerprint density at radius 1 is 1.24 bits per heavy atom. The second-order valence-electron chi connectivity index (χ2n) is 2.77. The highest BCUT2D eigenvalue weighted by atomic mass is 33.1. The van der Waals surface area contributed by atoms with E-state index in [4.69, 9.17) is 10.2 Å². The molecule has 0 aliphatic heterocycles. The number of carboxylic acids is 2. The lowest BCUT2D eigenvalue weighted by Crippen LogP contribution is -2.17. The molecular weight excluding hydrogens is 292 g/mol.